The van der Waals surface area contributed by atoms with Crippen LogP contribution in [-0.4, -0.2) is 16.9 Å². The van der Waals surface area contributed by atoms with Crippen molar-refractivity contribution >= 4 is 17.5 Å². The first-order chi connectivity index (χ1) is 10.0. The number of carbonyl (C=O) groups excluding carboxylic acids is 2. The number of amides is 2. The van der Waals surface area contributed by atoms with Crippen LogP contribution in [0.15, 0.2) is 36.4 Å². The van der Waals surface area contributed by atoms with Crippen LogP contribution in [0.4, 0.5) is 14.5 Å². The summed E-state index contributed by atoms with van der Waals surface area (Å²) in [5.74, 6) is -3.80. The second-order valence-corrected chi connectivity index (χ2v) is 4.59. The van der Waals surface area contributed by atoms with Gasteiger partial charge in [-0.05, 0) is 29.8 Å². The van der Waals surface area contributed by atoms with Gasteiger partial charge in [0.2, 0.25) is 0 Å². The summed E-state index contributed by atoms with van der Waals surface area (Å²) in [5.41, 5.74) is 0.414. The van der Waals surface area contributed by atoms with Gasteiger partial charge in [0.05, 0.1) is 23.4 Å². The minimum absolute atomic E-state index is 0.173. The average Bonchev–Trinajstić information content (AvgIpc) is 2.71. The van der Waals surface area contributed by atoms with Gasteiger partial charge in [0.15, 0.2) is 11.6 Å². The normalized spacial score (nSPS) is 13.8. The summed E-state index contributed by atoms with van der Waals surface area (Å²) in [6.07, 6.45) is 0. The predicted molar refractivity (Wildman–Crippen MR) is 69.9 cm³/mol. The maximum absolute atomic E-state index is 13.2. The number of hydrogen-bond donors (Lipinski definition) is 1. The minimum Gasteiger partial charge on any atom is -0.392 e. The number of halogens is 2. The topological polar surface area (TPSA) is 57.6 Å². The Kier molecular flexibility index (Phi) is 3.03. The number of imide groups is 1. The van der Waals surface area contributed by atoms with E-state index in [1.54, 1.807) is 12.1 Å². The SMILES string of the molecule is O=C1c2cc(F)c(F)cc2C(=O)N1c1cccc(CO)c1. The summed E-state index contributed by atoms with van der Waals surface area (Å²) < 4.78 is 26.5. The molecule has 0 bridgehead atoms. The van der Waals surface area contributed by atoms with Crippen molar-refractivity contribution in [2.24, 2.45) is 0 Å². The molecular formula is C15H9F2NO3. The zero-order valence-electron chi connectivity index (χ0n) is 10.6. The molecule has 1 N–H and O–H groups in total. The molecule has 1 heterocycles. The zero-order chi connectivity index (χ0) is 15.1. The van der Waals surface area contributed by atoms with Gasteiger partial charge >= 0.3 is 0 Å². The lowest BCUT2D eigenvalue weighted by atomic mass is 10.1. The molecule has 2 aromatic carbocycles. The lowest BCUT2D eigenvalue weighted by Crippen LogP contribution is -2.29. The van der Waals surface area contributed by atoms with Crippen LogP contribution < -0.4 is 4.90 Å². The van der Waals surface area contributed by atoms with Gasteiger partial charge in [-0.3, -0.25) is 9.59 Å². The van der Waals surface area contributed by atoms with Crippen molar-refractivity contribution in [2.75, 3.05) is 4.90 Å². The second-order valence-electron chi connectivity index (χ2n) is 4.59. The molecule has 21 heavy (non-hydrogen) atoms. The first-order valence-corrected chi connectivity index (χ1v) is 6.10. The lowest BCUT2D eigenvalue weighted by Gasteiger charge is -2.14. The monoisotopic (exact) mass is 289 g/mol. The van der Waals surface area contributed by atoms with E-state index in [4.69, 9.17) is 5.11 Å². The fourth-order valence-electron chi connectivity index (χ4n) is 2.26. The van der Waals surface area contributed by atoms with E-state index in [1.165, 1.54) is 12.1 Å². The highest BCUT2D eigenvalue weighted by Crippen LogP contribution is 2.30. The van der Waals surface area contributed by atoms with Crippen molar-refractivity contribution in [3.63, 3.8) is 0 Å². The van der Waals surface area contributed by atoms with Crippen LogP contribution >= 0.6 is 0 Å². The number of hydrogen-bond acceptors (Lipinski definition) is 3. The maximum Gasteiger partial charge on any atom is 0.266 e. The van der Waals surface area contributed by atoms with Crippen molar-refractivity contribution < 1.29 is 23.5 Å². The van der Waals surface area contributed by atoms with Crippen LogP contribution in [0.3, 0.4) is 0 Å². The van der Waals surface area contributed by atoms with E-state index in [-0.39, 0.29) is 23.4 Å². The number of rotatable bonds is 2. The molecule has 4 nitrogen and oxygen atoms in total. The highest BCUT2D eigenvalue weighted by molar-refractivity contribution is 6.34. The molecule has 0 fully saturated rings. The van der Waals surface area contributed by atoms with Crippen molar-refractivity contribution in [3.8, 4) is 0 Å². The molecule has 0 unspecified atom stereocenters. The van der Waals surface area contributed by atoms with Crippen LogP contribution in [0.2, 0.25) is 0 Å². The molecule has 1 aliphatic heterocycles. The fourth-order valence-corrected chi connectivity index (χ4v) is 2.26. The molecule has 1 aliphatic rings. The van der Waals surface area contributed by atoms with E-state index in [9.17, 15) is 18.4 Å². The van der Waals surface area contributed by atoms with E-state index >= 15 is 0 Å². The van der Waals surface area contributed by atoms with Crippen LogP contribution in [0.5, 0.6) is 0 Å². The van der Waals surface area contributed by atoms with Crippen LogP contribution in [0, 0.1) is 11.6 Å². The lowest BCUT2D eigenvalue weighted by molar-refractivity contribution is 0.0926. The molecule has 106 valence electrons. The number of anilines is 1. The minimum atomic E-state index is -1.18. The molecule has 0 saturated heterocycles. The molecule has 0 aromatic heterocycles. The Morgan fingerprint density at radius 2 is 1.52 bits per heavy atom. The molecule has 6 heteroatoms. The van der Waals surface area contributed by atoms with Gasteiger partial charge in [-0.1, -0.05) is 12.1 Å². The van der Waals surface area contributed by atoms with E-state index in [0.717, 1.165) is 17.0 Å². The fraction of sp³-hybridized carbons (Fsp3) is 0.0667. The molecule has 0 atom stereocenters. The molecule has 3 rings (SSSR count). The first kappa shape index (κ1) is 13.4. The Morgan fingerprint density at radius 3 is 2.05 bits per heavy atom. The summed E-state index contributed by atoms with van der Waals surface area (Å²) in [7, 11) is 0. The number of fused-ring (bicyclic) bond motifs is 1. The predicted octanol–water partition coefficient (Wildman–Crippen LogP) is 2.26. The van der Waals surface area contributed by atoms with Gasteiger partial charge in [0.25, 0.3) is 11.8 Å². The summed E-state index contributed by atoms with van der Waals surface area (Å²) in [6.45, 7) is -0.250. The van der Waals surface area contributed by atoms with Gasteiger partial charge in [-0.25, -0.2) is 13.7 Å². The maximum atomic E-state index is 13.2. The van der Waals surface area contributed by atoms with E-state index < -0.39 is 23.4 Å². The Hall–Kier alpha value is -2.60. The van der Waals surface area contributed by atoms with E-state index in [1.807, 2.05) is 0 Å². The molecule has 0 spiro atoms. The third kappa shape index (κ3) is 2.00. The molecule has 0 aliphatic carbocycles. The summed E-state index contributed by atoms with van der Waals surface area (Å²) in [5, 5.41) is 9.10. The van der Waals surface area contributed by atoms with E-state index in [0.29, 0.717) is 5.56 Å². The first-order valence-electron chi connectivity index (χ1n) is 6.10. The molecule has 0 radical (unpaired) electrons. The Morgan fingerprint density at radius 1 is 0.952 bits per heavy atom. The molecular weight excluding hydrogens is 280 g/mol. The Labute approximate surface area is 118 Å². The third-order valence-electron chi connectivity index (χ3n) is 3.28. The van der Waals surface area contributed by atoms with Gasteiger partial charge < -0.3 is 5.11 Å². The number of benzene rings is 2. The van der Waals surface area contributed by atoms with Crippen molar-refractivity contribution in [1.82, 2.24) is 0 Å². The van der Waals surface area contributed by atoms with E-state index in [2.05, 4.69) is 0 Å². The van der Waals surface area contributed by atoms with Crippen LogP contribution in [0.25, 0.3) is 0 Å². The number of aliphatic hydroxyl groups excluding tert-OH is 1. The Balaban J connectivity index is 2.11. The van der Waals surface area contributed by atoms with Crippen LogP contribution in [0.1, 0.15) is 26.3 Å². The Bertz CT molecular complexity index is 733. The molecule has 2 aromatic rings. The highest BCUT2D eigenvalue weighted by atomic mass is 19.2. The van der Waals surface area contributed by atoms with Gasteiger partial charge in [0, 0.05) is 0 Å². The van der Waals surface area contributed by atoms with Crippen molar-refractivity contribution in [2.45, 2.75) is 6.61 Å². The summed E-state index contributed by atoms with van der Waals surface area (Å²) >= 11 is 0. The number of carbonyl (C=O) groups is 2. The summed E-state index contributed by atoms with van der Waals surface area (Å²) in [6, 6.07) is 7.62. The molecule has 2 amide bonds. The van der Waals surface area contributed by atoms with Crippen molar-refractivity contribution in [1.29, 1.82) is 0 Å². The zero-order valence-corrected chi connectivity index (χ0v) is 10.6. The van der Waals surface area contributed by atoms with Gasteiger partial charge in [-0.2, -0.15) is 0 Å². The van der Waals surface area contributed by atoms with Gasteiger partial charge in [0.1, 0.15) is 0 Å². The number of nitrogens with zero attached hydrogens (tertiary/aromatic N) is 1. The summed E-state index contributed by atoms with van der Waals surface area (Å²) in [4.78, 5) is 25.3. The standard InChI is InChI=1S/C15H9F2NO3/c16-12-5-10-11(6-13(12)17)15(21)18(14(10)20)9-3-1-2-8(4-9)7-19/h1-6,19H,7H2. The average molecular weight is 289 g/mol. The largest absolute Gasteiger partial charge is 0.392 e. The molecule has 0 saturated carbocycles. The van der Waals surface area contributed by atoms with Gasteiger partial charge in [-0.15, -0.1) is 0 Å². The van der Waals surface area contributed by atoms with Crippen LogP contribution in [-0.2, 0) is 6.61 Å². The third-order valence-corrected chi connectivity index (χ3v) is 3.28. The van der Waals surface area contributed by atoms with Crippen molar-refractivity contribution in [3.05, 3.63) is 64.7 Å². The quantitative estimate of drug-likeness (QED) is 0.863. The second kappa shape index (κ2) is 4.75. The highest BCUT2D eigenvalue weighted by Gasteiger charge is 2.37. The smallest absolute Gasteiger partial charge is 0.266 e. The number of aliphatic hydroxyl groups is 1.